The zero-order valence-corrected chi connectivity index (χ0v) is 21.3. The van der Waals surface area contributed by atoms with Crippen molar-refractivity contribution in [2.45, 2.75) is 25.3 Å². The lowest BCUT2D eigenvalue weighted by Crippen LogP contribution is -2.28. The largest absolute Gasteiger partial charge is 0.382 e. The molecule has 1 spiro atoms. The molecule has 4 aromatic rings. The molecular formula is C26H23ClN10O2. The highest BCUT2D eigenvalue weighted by Gasteiger charge is 2.54. The van der Waals surface area contributed by atoms with Crippen molar-refractivity contribution >= 4 is 57.5 Å². The first-order valence-electron chi connectivity index (χ1n) is 12.2. The van der Waals surface area contributed by atoms with E-state index in [2.05, 4.69) is 21.4 Å². The lowest BCUT2D eigenvalue weighted by Gasteiger charge is -2.26. The minimum Gasteiger partial charge on any atom is -0.382 e. The molecule has 0 bridgehead atoms. The summed E-state index contributed by atoms with van der Waals surface area (Å²) in [5.74, 6) is 0.540. The molecular weight excluding hydrogens is 520 g/mol. The van der Waals surface area contributed by atoms with Crippen LogP contribution in [0.25, 0.3) is 10.9 Å². The van der Waals surface area contributed by atoms with Crippen LogP contribution in [-0.4, -0.2) is 37.6 Å². The number of aromatic nitrogens is 4. The summed E-state index contributed by atoms with van der Waals surface area (Å²) in [4.78, 5) is 32.4. The van der Waals surface area contributed by atoms with Crippen molar-refractivity contribution in [3.8, 4) is 6.07 Å². The van der Waals surface area contributed by atoms with Crippen LogP contribution in [0.3, 0.4) is 0 Å². The summed E-state index contributed by atoms with van der Waals surface area (Å²) in [6, 6.07) is 13.8. The van der Waals surface area contributed by atoms with Crippen molar-refractivity contribution in [3.63, 3.8) is 0 Å². The molecule has 0 radical (unpaired) electrons. The maximum atomic E-state index is 12.3. The van der Waals surface area contributed by atoms with Gasteiger partial charge in [-0.15, -0.1) is 0 Å². The summed E-state index contributed by atoms with van der Waals surface area (Å²) in [5.41, 5.74) is 15.1. The third kappa shape index (κ3) is 4.27. The maximum Gasteiger partial charge on any atom is 0.276 e. The van der Waals surface area contributed by atoms with Crippen molar-refractivity contribution in [1.29, 1.82) is 5.26 Å². The Morgan fingerprint density at radius 1 is 1.13 bits per heavy atom. The molecule has 39 heavy (non-hydrogen) atoms. The molecule has 1 saturated carbocycles. The number of nitrogens with one attached hydrogen (secondary N) is 2. The number of carbonyl (C=O) groups excluding carboxylic acids is 1. The Balaban J connectivity index is 1.51. The quantitative estimate of drug-likeness (QED) is 0.182. The fourth-order valence-electron chi connectivity index (χ4n) is 5.22. The molecule has 12 nitrogen and oxygen atoms in total. The van der Waals surface area contributed by atoms with Gasteiger partial charge in [0.05, 0.1) is 33.2 Å². The predicted molar refractivity (Wildman–Crippen MR) is 145 cm³/mol. The Morgan fingerprint density at radius 3 is 2.67 bits per heavy atom. The highest BCUT2D eigenvalue weighted by Crippen LogP contribution is 2.59. The SMILES string of the molecule is N#Cc1c(N)nc(N)nc1N1CC2(CC2)CC1c1nc(Nc2ccccc2C(=O)NO)c2c(Cl)cccc2n1. The number of hydroxylamine groups is 1. The zero-order chi connectivity index (χ0) is 27.3. The topological polar surface area (TPSA) is 192 Å². The van der Waals surface area contributed by atoms with E-state index in [9.17, 15) is 15.3 Å². The minimum atomic E-state index is -0.677. The molecule has 2 fully saturated rings. The molecule has 196 valence electrons. The Kier molecular flexibility index (Phi) is 5.82. The lowest BCUT2D eigenvalue weighted by molar-refractivity contribution is 0.0707. The molecule has 7 N–H and O–H groups in total. The van der Waals surface area contributed by atoms with Gasteiger partial charge in [0.2, 0.25) is 5.95 Å². The highest BCUT2D eigenvalue weighted by molar-refractivity contribution is 6.36. The average molecular weight is 543 g/mol. The van der Waals surface area contributed by atoms with Gasteiger partial charge in [-0.05, 0) is 48.9 Å². The third-order valence-corrected chi connectivity index (χ3v) is 7.61. The molecule has 13 heteroatoms. The molecule has 3 heterocycles. The van der Waals surface area contributed by atoms with Gasteiger partial charge in [-0.1, -0.05) is 29.8 Å². The van der Waals surface area contributed by atoms with Gasteiger partial charge in [-0.3, -0.25) is 10.0 Å². The number of hydrogen-bond donors (Lipinski definition) is 5. The van der Waals surface area contributed by atoms with Crippen molar-refractivity contribution in [2.75, 3.05) is 28.2 Å². The number of halogens is 1. The normalized spacial score (nSPS) is 17.3. The second kappa shape index (κ2) is 9.23. The monoisotopic (exact) mass is 542 g/mol. The number of hydrogen-bond acceptors (Lipinski definition) is 11. The number of carbonyl (C=O) groups is 1. The van der Waals surface area contributed by atoms with Crippen molar-refractivity contribution in [1.82, 2.24) is 25.4 Å². The number of amides is 1. The molecule has 1 aliphatic carbocycles. The minimum absolute atomic E-state index is 0.0165. The molecule has 1 amide bonds. The summed E-state index contributed by atoms with van der Waals surface area (Å²) in [6.07, 6.45) is 2.81. The van der Waals surface area contributed by atoms with Crippen LogP contribution in [0, 0.1) is 16.7 Å². The van der Waals surface area contributed by atoms with E-state index in [1.165, 1.54) is 0 Å². The standard InChI is InChI=1S/C26H23ClN10O2/c27-15-5-3-7-17-19(15)22(31-16-6-2-1-4-13(16)24(38)36-39)34-21(32-17)18-10-26(8-9-26)12-37(18)23-14(11-28)20(29)33-25(30)35-23/h1-7,18,39H,8-10,12H2,(H,36,38)(H,31,32,34)(H4,29,30,33,35). The second-order valence-corrected chi connectivity index (χ2v) is 10.2. The van der Waals surface area contributed by atoms with Crippen LogP contribution in [0.5, 0.6) is 0 Å². The summed E-state index contributed by atoms with van der Waals surface area (Å²) >= 11 is 6.59. The van der Waals surface area contributed by atoms with E-state index in [1.54, 1.807) is 41.9 Å². The Hall–Kier alpha value is -4.73. The Morgan fingerprint density at radius 2 is 1.92 bits per heavy atom. The van der Waals surface area contributed by atoms with E-state index < -0.39 is 5.91 Å². The molecule has 1 aliphatic heterocycles. The fourth-order valence-corrected chi connectivity index (χ4v) is 5.48. The first-order chi connectivity index (χ1) is 18.8. The average Bonchev–Trinajstić information content (AvgIpc) is 3.57. The second-order valence-electron chi connectivity index (χ2n) is 9.80. The van der Waals surface area contributed by atoms with Crippen molar-refractivity contribution in [2.24, 2.45) is 5.41 Å². The molecule has 2 aromatic heterocycles. The van der Waals surface area contributed by atoms with E-state index in [0.29, 0.717) is 45.6 Å². The van der Waals surface area contributed by atoms with E-state index in [1.807, 2.05) is 11.0 Å². The van der Waals surface area contributed by atoms with E-state index >= 15 is 0 Å². The summed E-state index contributed by atoms with van der Waals surface area (Å²) in [5, 5.41) is 23.3. The molecule has 2 aromatic carbocycles. The number of benzene rings is 2. The van der Waals surface area contributed by atoms with Crippen LogP contribution < -0.4 is 27.2 Å². The number of fused-ring (bicyclic) bond motifs is 1. The lowest BCUT2D eigenvalue weighted by atomic mass is 10.0. The van der Waals surface area contributed by atoms with Gasteiger partial charge in [0.1, 0.15) is 23.3 Å². The Labute approximate surface area is 227 Å². The van der Waals surface area contributed by atoms with Gasteiger partial charge < -0.3 is 21.7 Å². The van der Waals surface area contributed by atoms with Gasteiger partial charge >= 0.3 is 0 Å². The Bertz CT molecular complexity index is 1680. The highest BCUT2D eigenvalue weighted by atomic mass is 35.5. The number of rotatable bonds is 5. The molecule has 1 unspecified atom stereocenters. The fraction of sp³-hybridized carbons (Fsp3) is 0.231. The molecule has 6 rings (SSSR count). The molecule has 2 aliphatic rings. The predicted octanol–water partition coefficient (Wildman–Crippen LogP) is 3.70. The number of anilines is 5. The zero-order valence-electron chi connectivity index (χ0n) is 20.5. The molecule has 1 saturated heterocycles. The van der Waals surface area contributed by atoms with Crippen LogP contribution in [-0.2, 0) is 0 Å². The van der Waals surface area contributed by atoms with Gasteiger partial charge in [0.25, 0.3) is 5.91 Å². The summed E-state index contributed by atoms with van der Waals surface area (Å²) in [7, 11) is 0. The van der Waals surface area contributed by atoms with Crippen molar-refractivity contribution < 1.29 is 10.0 Å². The van der Waals surface area contributed by atoms with Crippen molar-refractivity contribution in [3.05, 3.63) is 64.4 Å². The number of nitrogens with zero attached hydrogens (tertiary/aromatic N) is 6. The first-order valence-corrected chi connectivity index (χ1v) is 12.6. The third-order valence-electron chi connectivity index (χ3n) is 7.30. The number of nitrogens with two attached hydrogens (primary N) is 2. The van der Waals surface area contributed by atoms with Crippen LogP contribution >= 0.6 is 11.6 Å². The van der Waals surface area contributed by atoms with Gasteiger partial charge in [0.15, 0.2) is 11.6 Å². The van der Waals surface area contributed by atoms with Crippen LogP contribution in [0.2, 0.25) is 5.02 Å². The van der Waals surface area contributed by atoms with E-state index in [4.69, 9.17) is 33.0 Å². The van der Waals surface area contributed by atoms with Gasteiger partial charge in [0, 0.05) is 6.54 Å². The summed E-state index contributed by atoms with van der Waals surface area (Å²) in [6.45, 7) is 0.640. The van der Waals surface area contributed by atoms with E-state index in [-0.39, 0.29) is 34.3 Å². The molecule has 1 atom stereocenters. The van der Waals surface area contributed by atoms with Crippen LogP contribution in [0.1, 0.15) is 47.1 Å². The number of para-hydroxylation sites is 1. The van der Waals surface area contributed by atoms with Crippen LogP contribution in [0.15, 0.2) is 42.5 Å². The first kappa shape index (κ1) is 24.6. The maximum absolute atomic E-state index is 12.3. The van der Waals surface area contributed by atoms with Crippen LogP contribution in [0.4, 0.5) is 29.1 Å². The van der Waals surface area contributed by atoms with E-state index in [0.717, 1.165) is 19.3 Å². The van der Waals surface area contributed by atoms with Gasteiger partial charge in [-0.2, -0.15) is 15.2 Å². The smallest absolute Gasteiger partial charge is 0.276 e. The summed E-state index contributed by atoms with van der Waals surface area (Å²) < 4.78 is 0. The number of nitriles is 1. The number of nitrogen functional groups attached to an aromatic ring is 2. The van der Waals surface area contributed by atoms with Gasteiger partial charge in [-0.25, -0.2) is 15.4 Å².